The highest BCUT2D eigenvalue weighted by Crippen LogP contribution is 2.23. The first kappa shape index (κ1) is 12.8. The van der Waals surface area contributed by atoms with Crippen LogP contribution in [0.3, 0.4) is 0 Å². The number of hydrogen-bond acceptors (Lipinski definition) is 4. The molecule has 1 fully saturated rings. The van der Waals surface area contributed by atoms with Gasteiger partial charge in [-0.25, -0.2) is 4.39 Å². The number of para-hydroxylation sites is 1. The van der Waals surface area contributed by atoms with Gasteiger partial charge in [0.1, 0.15) is 5.82 Å². The molecule has 1 N–H and O–H groups in total. The van der Waals surface area contributed by atoms with Crippen LogP contribution in [0.2, 0.25) is 0 Å². The van der Waals surface area contributed by atoms with E-state index in [4.69, 9.17) is 0 Å². The zero-order valence-electron chi connectivity index (χ0n) is 10.4. The molecule has 0 amide bonds. The summed E-state index contributed by atoms with van der Waals surface area (Å²) in [6.07, 6.45) is 0.262. The SMILES string of the molecule is COC(=O)CC1CNCCN1c1ccccc1F. The smallest absolute Gasteiger partial charge is 0.307 e. The second-order valence-corrected chi connectivity index (χ2v) is 4.28. The summed E-state index contributed by atoms with van der Waals surface area (Å²) >= 11 is 0. The summed E-state index contributed by atoms with van der Waals surface area (Å²) in [5.41, 5.74) is 0.549. The zero-order valence-corrected chi connectivity index (χ0v) is 10.4. The molecule has 1 unspecified atom stereocenters. The van der Waals surface area contributed by atoms with E-state index in [1.54, 1.807) is 18.2 Å². The van der Waals surface area contributed by atoms with Gasteiger partial charge in [0.15, 0.2) is 0 Å². The van der Waals surface area contributed by atoms with Crippen LogP contribution < -0.4 is 10.2 Å². The number of anilines is 1. The monoisotopic (exact) mass is 252 g/mol. The van der Waals surface area contributed by atoms with Crippen LogP contribution >= 0.6 is 0 Å². The molecule has 1 aromatic carbocycles. The summed E-state index contributed by atoms with van der Waals surface area (Å²) in [5, 5.41) is 3.21. The van der Waals surface area contributed by atoms with Gasteiger partial charge in [0, 0.05) is 19.6 Å². The third-order valence-electron chi connectivity index (χ3n) is 3.14. The van der Waals surface area contributed by atoms with Crippen molar-refractivity contribution in [3.63, 3.8) is 0 Å². The van der Waals surface area contributed by atoms with E-state index in [0.29, 0.717) is 18.8 Å². The Kier molecular flexibility index (Phi) is 4.15. The zero-order chi connectivity index (χ0) is 13.0. The molecule has 0 bridgehead atoms. The Morgan fingerprint density at radius 1 is 1.56 bits per heavy atom. The van der Waals surface area contributed by atoms with Gasteiger partial charge in [0.05, 0.1) is 25.3 Å². The van der Waals surface area contributed by atoms with Crippen molar-refractivity contribution in [3.05, 3.63) is 30.1 Å². The molecule has 1 saturated heterocycles. The molecule has 2 rings (SSSR count). The number of ether oxygens (including phenoxy) is 1. The first-order chi connectivity index (χ1) is 8.72. The number of methoxy groups -OCH3 is 1. The molecule has 4 nitrogen and oxygen atoms in total. The normalized spacial score (nSPS) is 19.7. The topological polar surface area (TPSA) is 41.6 Å². The number of nitrogens with one attached hydrogen (secondary N) is 1. The second-order valence-electron chi connectivity index (χ2n) is 4.28. The van der Waals surface area contributed by atoms with Crippen molar-refractivity contribution in [1.82, 2.24) is 5.32 Å². The number of rotatable bonds is 3. The number of piperazine rings is 1. The number of esters is 1. The third-order valence-corrected chi connectivity index (χ3v) is 3.14. The van der Waals surface area contributed by atoms with Crippen molar-refractivity contribution in [2.24, 2.45) is 0 Å². The highest BCUT2D eigenvalue weighted by atomic mass is 19.1. The van der Waals surface area contributed by atoms with Gasteiger partial charge < -0.3 is 15.0 Å². The fourth-order valence-electron chi connectivity index (χ4n) is 2.22. The van der Waals surface area contributed by atoms with Crippen LogP contribution in [0.1, 0.15) is 6.42 Å². The number of nitrogens with zero attached hydrogens (tertiary/aromatic N) is 1. The maximum Gasteiger partial charge on any atom is 0.307 e. The van der Waals surface area contributed by atoms with Crippen LogP contribution in [0, 0.1) is 5.82 Å². The van der Waals surface area contributed by atoms with E-state index in [9.17, 15) is 9.18 Å². The van der Waals surface area contributed by atoms with E-state index < -0.39 is 0 Å². The van der Waals surface area contributed by atoms with E-state index >= 15 is 0 Å². The summed E-state index contributed by atoms with van der Waals surface area (Å²) in [5.74, 6) is -0.528. The molecular formula is C13H17FN2O2. The Hall–Kier alpha value is -1.62. The van der Waals surface area contributed by atoms with E-state index in [1.165, 1.54) is 13.2 Å². The van der Waals surface area contributed by atoms with Gasteiger partial charge in [0.25, 0.3) is 0 Å². The average molecular weight is 252 g/mol. The van der Waals surface area contributed by atoms with Gasteiger partial charge in [-0.05, 0) is 12.1 Å². The summed E-state index contributed by atoms with van der Waals surface area (Å²) in [7, 11) is 1.37. The Morgan fingerprint density at radius 2 is 2.33 bits per heavy atom. The molecule has 0 radical (unpaired) electrons. The fraction of sp³-hybridized carbons (Fsp3) is 0.462. The minimum Gasteiger partial charge on any atom is -0.469 e. The fourth-order valence-corrected chi connectivity index (χ4v) is 2.22. The lowest BCUT2D eigenvalue weighted by atomic mass is 10.1. The van der Waals surface area contributed by atoms with E-state index in [1.807, 2.05) is 4.90 Å². The van der Waals surface area contributed by atoms with Crippen LogP contribution in [0.25, 0.3) is 0 Å². The Labute approximate surface area is 106 Å². The summed E-state index contributed by atoms with van der Waals surface area (Å²) < 4.78 is 18.5. The van der Waals surface area contributed by atoms with Crippen molar-refractivity contribution in [2.45, 2.75) is 12.5 Å². The minimum absolute atomic E-state index is 0.0666. The van der Waals surface area contributed by atoms with Crippen LogP contribution in [0.15, 0.2) is 24.3 Å². The lowest BCUT2D eigenvalue weighted by Crippen LogP contribution is -2.52. The number of benzene rings is 1. The standard InChI is InChI=1S/C13H17FN2O2/c1-18-13(17)8-10-9-15-6-7-16(10)12-5-3-2-4-11(12)14/h2-5,10,15H,6-9H2,1H3. The largest absolute Gasteiger partial charge is 0.469 e. The summed E-state index contributed by atoms with van der Waals surface area (Å²) in [6, 6.07) is 6.58. The number of halogens is 1. The van der Waals surface area contributed by atoms with Gasteiger partial charge in [-0.15, -0.1) is 0 Å². The Balaban J connectivity index is 2.17. The van der Waals surface area contributed by atoms with Crippen molar-refractivity contribution < 1.29 is 13.9 Å². The Morgan fingerprint density at radius 3 is 3.06 bits per heavy atom. The van der Waals surface area contributed by atoms with E-state index in [2.05, 4.69) is 10.1 Å². The van der Waals surface area contributed by atoms with Crippen LogP contribution in [0.4, 0.5) is 10.1 Å². The van der Waals surface area contributed by atoms with Crippen molar-refractivity contribution >= 4 is 11.7 Å². The molecule has 5 heteroatoms. The van der Waals surface area contributed by atoms with Crippen molar-refractivity contribution in [3.8, 4) is 0 Å². The highest BCUT2D eigenvalue weighted by Gasteiger charge is 2.26. The molecular weight excluding hydrogens is 235 g/mol. The quantitative estimate of drug-likeness (QED) is 0.820. The predicted octanol–water partition coefficient (Wildman–Crippen LogP) is 1.17. The number of carbonyl (C=O) groups is 1. The average Bonchev–Trinajstić information content (AvgIpc) is 2.40. The lowest BCUT2D eigenvalue weighted by molar-refractivity contribution is -0.141. The lowest BCUT2D eigenvalue weighted by Gasteiger charge is -2.37. The molecule has 1 atom stereocenters. The third kappa shape index (κ3) is 2.79. The molecule has 1 aliphatic rings. The molecule has 18 heavy (non-hydrogen) atoms. The predicted molar refractivity (Wildman–Crippen MR) is 67.0 cm³/mol. The molecule has 0 spiro atoms. The first-order valence-corrected chi connectivity index (χ1v) is 6.01. The number of hydrogen-bond donors (Lipinski definition) is 1. The van der Waals surface area contributed by atoms with Gasteiger partial charge in [0.2, 0.25) is 0 Å². The summed E-state index contributed by atoms with van der Waals surface area (Å²) in [6.45, 7) is 2.12. The van der Waals surface area contributed by atoms with E-state index in [-0.39, 0.29) is 24.2 Å². The van der Waals surface area contributed by atoms with Crippen LogP contribution in [-0.2, 0) is 9.53 Å². The van der Waals surface area contributed by atoms with Gasteiger partial charge in [-0.2, -0.15) is 0 Å². The first-order valence-electron chi connectivity index (χ1n) is 6.01. The van der Waals surface area contributed by atoms with Gasteiger partial charge in [-0.1, -0.05) is 12.1 Å². The summed E-state index contributed by atoms with van der Waals surface area (Å²) in [4.78, 5) is 13.3. The molecule has 1 aromatic rings. The van der Waals surface area contributed by atoms with Crippen molar-refractivity contribution in [1.29, 1.82) is 0 Å². The van der Waals surface area contributed by atoms with E-state index in [0.717, 1.165) is 6.54 Å². The maximum absolute atomic E-state index is 13.8. The molecule has 0 aliphatic carbocycles. The highest BCUT2D eigenvalue weighted by molar-refractivity contribution is 5.71. The molecule has 98 valence electrons. The molecule has 0 saturated carbocycles. The molecule has 0 aromatic heterocycles. The van der Waals surface area contributed by atoms with Crippen LogP contribution in [-0.4, -0.2) is 38.8 Å². The Bertz CT molecular complexity index is 425. The van der Waals surface area contributed by atoms with Crippen LogP contribution in [0.5, 0.6) is 0 Å². The van der Waals surface area contributed by atoms with Gasteiger partial charge in [-0.3, -0.25) is 4.79 Å². The minimum atomic E-state index is -0.273. The second kappa shape index (κ2) is 5.82. The van der Waals surface area contributed by atoms with Gasteiger partial charge >= 0.3 is 5.97 Å². The maximum atomic E-state index is 13.8. The molecule has 1 aliphatic heterocycles. The van der Waals surface area contributed by atoms with Crippen molar-refractivity contribution in [2.75, 3.05) is 31.6 Å². The molecule has 1 heterocycles. The number of carbonyl (C=O) groups excluding carboxylic acids is 1.